The van der Waals surface area contributed by atoms with Crippen LogP contribution in [0.2, 0.25) is 5.02 Å². The zero-order valence-corrected chi connectivity index (χ0v) is 20.1. The topological polar surface area (TPSA) is 126 Å². The van der Waals surface area contributed by atoms with Gasteiger partial charge in [0.25, 0.3) is 15.9 Å². The molecule has 2 amide bonds. The molecule has 3 aromatic rings. The number of aryl methyl sites for hydroxylation is 1. The predicted octanol–water partition coefficient (Wildman–Crippen LogP) is 3.06. The number of rotatable bonds is 5. The highest BCUT2D eigenvalue weighted by Gasteiger charge is 2.32. The first-order chi connectivity index (χ1) is 16.5. The maximum Gasteiger partial charge on any atom is 0.258 e. The lowest BCUT2D eigenvalue weighted by Gasteiger charge is -2.34. The Morgan fingerprint density at radius 2 is 1.89 bits per heavy atom. The summed E-state index contributed by atoms with van der Waals surface area (Å²) >= 11 is 6.36. The second-order valence-corrected chi connectivity index (χ2v) is 9.81. The summed E-state index contributed by atoms with van der Waals surface area (Å²) in [7, 11) is -4.27. The van der Waals surface area contributed by atoms with Gasteiger partial charge in [-0.2, -0.15) is 0 Å². The molecule has 182 valence electrons. The van der Waals surface area contributed by atoms with E-state index in [0.717, 1.165) is 11.8 Å². The second-order valence-electron chi connectivity index (χ2n) is 7.95. The van der Waals surface area contributed by atoms with Crippen LogP contribution in [-0.4, -0.2) is 49.8 Å². The van der Waals surface area contributed by atoms with E-state index < -0.39 is 26.8 Å². The number of amides is 2. The van der Waals surface area contributed by atoms with Crippen molar-refractivity contribution in [1.82, 2.24) is 9.88 Å². The molecule has 2 heterocycles. The summed E-state index contributed by atoms with van der Waals surface area (Å²) in [4.78, 5) is 32.8. The molecule has 9 nitrogen and oxygen atoms in total. The summed E-state index contributed by atoms with van der Waals surface area (Å²) in [5.41, 5.74) is 1.99. The number of benzene rings is 2. The molecule has 0 atom stereocenters. The zero-order chi connectivity index (χ0) is 25.3. The van der Waals surface area contributed by atoms with Gasteiger partial charge in [-0.1, -0.05) is 23.7 Å². The minimum absolute atomic E-state index is 0.00899. The van der Waals surface area contributed by atoms with Crippen molar-refractivity contribution in [1.29, 1.82) is 0 Å². The van der Waals surface area contributed by atoms with Crippen molar-refractivity contribution >= 4 is 50.5 Å². The third-order valence-electron chi connectivity index (χ3n) is 5.42. The molecule has 0 aliphatic carbocycles. The lowest BCUT2D eigenvalue weighted by Crippen LogP contribution is -2.52. The first-order valence-corrected chi connectivity index (χ1v) is 12.4. The summed E-state index contributed by atoms with van der Waals surface area (Å²) in [5.74, 6) is -1.34. The summed E-state index contributed by atoms with van der Waals surface area (Å²) in [6, 6.07) is 12.6. The summed E-state index contributed by atoms with van der Waals surface area (Å²) in [5, 5.41) is 7.32. The van der Waals surface area contributed by atoms with Gasteiger partial charge >= 0.3 is 0 Å². The maximum atomic E-state index is 13.4. The molecule has 1 aliphatic rings. The van der Waals surface area contributed by atoms with Crippen molar-refractivity contribution < 1.29 is 22.4 Å². The highest BCUT2D eigenvalue weighted by Crippen LogP contribution is 2.34. The first-order valence-electron chi connectivity index (χ1n) is 10.4. The number of anilines is 3. The number of carbonyl (C=O) groups excluding carboxylic acids is 2. The summed E-state index contributed by atoms with van der Waals surface area (Å²) < 4.78 is 37.2. The highest BCUT2D eigenvalue weighted by molar-refractivity contribution is 7.89. The van der Waals surface area contributed by atoms with Gasteiger partial charge in [0.2, 0.25) is 5.91 Å². The molecule has 1 saturated heterocycles. The average Bonchev–Trinajstić information content (AvgIpc) is 2.80. The van der Waals surface area contributed by atoms with Crippen LogP contribution >= 0.6 is 11.6 Å². The minimum Gasteiger partial charge on any atom is -0.354 e. The third kappa shape index (κ3) is 5.26. The van der Waals surface area contributed by atoms with E-state index >= 15 is 0 Å². The van der Waals surface area contributed by atoms with Crippen LogP contribution in [0.25, 0.3) is 0 Å². The molecule has 0 bridgehead atoms. The van der Waals surface area contributed by atoms with Crippen LogP contribution < -0.4 is 15.4 Å². The monoisotopic (exact) mass is 517 g/mol. The van der Waals surface area contributed by atoms with E-state index in [9.17, 15) is 22.4 Å². The van der Waals surface area contributed by atoms with E-state index in [1.807, 2.05) is 13.0 Å². The summed E-state index contributed by atoms with van der Waals surface area (Å²) in [6.07, 6.45) is 1.07. The molecule has 1 fully saturated rings. The van der Waals surface area contributed by atoms with Crippen LogP contribution in [0, 0.1) is 12.7 Å². The van der Waals surface area contributed by atoms with E-state index in [2.05, 4.69) is 10.3 Å². The van der Waals surface area contributed by atoms with Crippen molar-refractivity contribution in [2.75, 3.05) is 29.9 Å². The Hall–Kier alpha value is -3.54. The predicted molar refractivity (Wildman–Crippen MR) is 130 cm³/mol. The molecule has 0 radical (unpaired) electrons. The number of sulfonamides is 1. The third-order valence-corrected chi connectivity index (χ3v) is 6.75. The van der Waals surface area contributed by atoms with Crippen molar-refractivity contribution in [2.24, 2.45) is 5.14 Å². The fourth-order valence-corrected chi connectivity index (χ4v) is 4.80. The molecular weight excluding hydrogens is 497 g/mol. The molecule has 1 aliphatic heterocycles. The highest BCUT2D eigenvalue weighted by atomic mass is 35.5. The molecule has 0 saturated carbocycles. The fraction of sp³-hybridized carbons (Fsp3) is 0.174. The number of pyridine rings is 1. The lowest BCUT2D eigenvalue weighted by molar-refractivity contribution is -0.120. The Morgan fingerprint density at radius 3 is 2.51 bits per heavy atom. The van der Waals surface area contributed by atoms with Crippen molar-refractivity contribution in [3.8, 4) is 0 Å². The van der Waals surface area contributed by atoms with Gasteiger partial charge in [-0.15, -0.1) is 0 Å². The number of hydrogen-bond donors (Lipinski definition) is 2. The second kappa shape index (κ2) is 9.61. The van der Waals surface area contributed by atoms with Crippen LogP contribution in [0.3, 0.4) is 0 Å². The molecule has 4 rings (SSSR count). The van der Waals surface area contributed by atoms with E-state index in [1.54, 1.807) is 18.2 Å². The van der Waals surface area contributed by atoms with Gasteiger partial charge in [0, 0.05) is 30.7 Å². The van der Waals surface area contributed by atoms with Gasteiger partial charge in [0.1, 0.15) is 17.4 Å². The molecular formula is C23H21ClFN5O4S. The molecule has 2 aromatic carbocycles. The maximum absolute atomic E-state index is 13.4. The van der Waals surface area contributed by atoms with Crippen molar-refractivity contribution in [3.05, 3.63) is 76.7 Å². The fourth-order valence-electron chi connectivity index (χ4n) is 3.73. The number of nitrogens with one attached hydrogen (secondary N) is 1. The van der Waals surface area contributed by atoms with Gasteiger partial charge in [-0.05, 0) is 48.9 Å². The molecule has 0 spiro atoms. The quantitative estimate of drug-likeness (QED) is 0.535. The van der Waals surface area contributed by atoms with Crippen LogP contribution in [0.15, 0.2) is 59.8 Å². The van der Waals surface area contributed by atoms with Crippen LogP contribution in [0.5, 0.6) is 0 Å². The molecule has 12 heteroatoms. The largest absolute Gasteiger partial charge is 0.354 e. The number of nitrogens with two attached hydrogens (primary N) is 1. The van der Waals surface area contributed by atoms with E-state index in [-0.39, 0.29) is 41.8 Å². The number of primary sulfonamides is 1. The number of hydrogen-bond acceptors (Lipinski definition) is 6. The SMILES string of the molecule is Cc1cccc(Nc2c(C(=O)N3CCN(c4ccc(F)cc4)C(=O)C3)cnc(S(N)(=O)=O)c2Cl)c1. The Labute approximate surface area is 206 Å². The standard InChI is InChI=1S/C23H21ClFN5O4S/c1-14-3-2-4-16(11-14)28-21-18(12-27-22(20(21)24)35(26,33)34)23(32)29-9-10-30(19(31)13-29)17-7-5-15(25)6-8-17/h2-8,11-12H,9-10,13H2,1H3,(H,27,28)(H2,26,33,34). The number of piperazine rings is 1. The van der Waals surface area contributed by atoms with Gasteiger partial charge in [0.15, 0.2) is 5.03 Å². The normalized spacial score (nSPS) is 14.2. The van der Waals surface area contributed by atoms with Gasteiger partial charge in [0.05, 0.1) is 11.3 Å². The van der Waals surface area contributed by atoms with Crippen LogP contribution in [-0.2, 0) is 14.8 Å². The number of carbonyl (C=O) groups is 2. The van der Waals surface area contributed by atoms with Gasteiger partial charge in [-0.3, -0.25) is 9.59 Å². The lowest BCUT2D eigenvalue weighted by atomic mass is 10.1. The Bertz CT molecular complexity index is 1420. The van der Waals surface area contributed by atoms with E-state index in [4.69, 9.17) is 16.7 Å². The van der Waals surface area contributed by atoms with Crippen LogP contribution in [0.1, 0.15) is 15.9 Å². The van der Waals surface area contributed by atoms with Gasteiger partial charge < -0.3 is 15.1 Å². The van der Waals surface area contributed by atoms with Gasteiger partial charge in [-0.25, -0.2) is 22.9 Å². The van der Waals surface area contributed by atoms with E-state index in [1.165, 1.54) is 34.1 Å². The summed E-state index contributed by atoms with van der Waals surface area (Å²) in [6.45, 7) is 2.00. The zero-order valence-electron chi connectivity index (χ0n) is 18.5. The molecule has 3 N–H and O–H groups in total. The van der Waals surface area contributed by atoms with Crippen molar-refractivity contribution in [3.63, 3.8) is 0 Å². The number of nitrogens with zero attached hydrogens (tertiary/aromatic N) is 3. The Balaban J connectivity index is 1.65. The minimum atomic E-state index is -4.27. The molecule has 35 heavy (non-hydrogen) atoms. The van der Waals surface area contributed by atoms with Crippen molar-refractivity contribution in [2.45, 2.75) is 11.9 Å². The van der Waals surface area contributed by atoms with Crippen LogP contribution in [0.4, 0.5) is 21.5 Å². The number of halogens is 2. The average molecular weight is 518 g/mol. The molecule has 1 aromatic heterocycles. The Kier molecular flexibility index (Phi) is 6.75. The first kappa shape index (κ1) is 24.6. The number of aromatic nitrogens is 1. The van der Waals surface area contributed by atoms with E-state index in [0.29, 0.717) is 11.4 Å². The smallest absolute Gasteiger partial charge is 0.258 e. The molecule has 0 unspecified atom stereocenters. The Morgan fingerprint density at radius 1 is 1.17 bits per heavy atom.